The van der Waals surface area contributed by atoms with Crippen LogP contribution in [0.5, 0.6) is 0 Å². The van der Waals surface area contributed by atoms with Gasteiger partial charge in [-0.05, 0) is 26.3 Å². The summed E-state index contributed by atoms with van der Waals surface area (Å²) in [5.74, 6) is 0.618. The summed E-state index contributed by atoms with van der Waals surface area (Å²) < 4.78 is 0. The Morgan fingerprint density at radius 3 is 2.24 bits per heavy atom. The minimum absolute atomic E-state index is 0. The molecule has 21 heavy (non-hydrogen) atoms. The molecule has 0 unspecified atom stereocenters. The fraction of sp³-hybridized carbons (Fsp3) is 0.467. The highest BCUT2D eigenvalue weighted by Crippen LogP contribution is 2.04. The Morgan fingerprint density at radius 1 is 1.05 bits per heavy atom. The molecule has 6 heteroatoms. The van der Waals surface area contributed by atoms with Crippen LogP contribution in [0.3, 0.4) is 0 Å². The zero-order valence-electron chi connectivity index (χ0n) is 12.9. The first-order valence-corrected chi connectivity index (χ1v) is 7.00. The van der Waals surface area contributed by atoms with Crippen LogP contribution in [0.1, 0.15) is 25.0 Å². The Balaban J connectivity index is 0.00000400. The highest BCUT2D eigenvalue weighted by molar-refractivity contribution is 14.0. The fourth-order valence-electron chi connectivity index (χ4n) is 1.63. The van der Waals surface area contributed by atoms with Crippen molar-refractivity contribution in [2.75, 3.05) is 19.6 Å². The molecule has 0 heterocycles. The molecular formula is C15H25IN4O. The molecule has 5 nitrogen and oxygen atoms in total. The molecule has 1 amide bonds. The first-order valence-electron chi connectivity index (χ1n) is 7.00. The highest BCUT2D eigenvalue weighted by Gasteiger charge is 2.02. The summed E-state index contributed by atoms with van der Waals surface area (Å²) in [6.45, 7) is 8.17. The number of aliphatic imine (C=N–C) groups is 1. The molecule has 0 aliphatic carbocycles. The molecule has 0 saturated heterocycles. The first kappa shape index (κ1) is 19.7. The molecule has 0 aromatic heterocycles. The third-order valence-corrected chi connectivity index (χ3v) is 2.67. The van der Waals surface area contributed by atoms with Crippen molar-refractivity contribution in [3.63, 3.8) is 0 Å². The summed E-state index contributed by atoms with van der Waals surface area (Å²) in [7, 11) is 0. The molecule has 0 radical (unpaired) electrons. The number of nitrogens with one attached hydrogen (secondary N) is 3. The molecule has 1 rings (SSSR count). The number of halogens is 1. The minimum atomic E-state index is -0.0339. The van der Waals surface area contributed by atoms with E-state index in [1.165, 1.54) is 5.56 Å². The number of hydrogen-bond acceptors (Lipinski definition) is 2. The Bertz CT molecular complexity index is 445. The Kier molecular flexibility index (Phi) is 10.7. The smallest absolute Gasteiger partial charge is 0.239 e. The summed E-state index contributed by atoms with van der Waals surface area (Å²) >= 11 is 0. The monoisotopic (exact) mass is 404 g/mol. The second kappa shape index (κ2) is 11.4. The molecular weight excluding hydrogens is 379 g/mol. The van der Waals surface area contributed by atoms with Gasteiger partial charge in [0.15, 0.2) is 5.96 Å². The van der Waals surface area contributed by atoms with Crippen LogP contribution in [0.25, 0.3) is 0 Å². The van der Waals surface area contributed by atoms with Gasteiger partial charge in [0.2, 0.25) is 5.91 Å². The van der Waals surface area contributed by atoms with Crippen LogP contribution in [0.4, 0.5) is 0 Å². The molecule has 1 aromatic rings. The average molecular weight is 404 g/mol. The number of hydrogen-bond donors (Lipinski definition) is 3. The number of carbonyl (C=O) groups is 1. The maximum absolute atomic E-state index is 11.4. The van der Waals surface area contributed by atoms with Crippen molar-refractivity contribution in [1.29, 1.82) is 0 Å². The van der Waals surface area contributed by atoms with Crippen LogP contribution in [-0.2, 0) is 11.3 Å². The number of likely N-dealkylation sites (N-methyl/N-ethyl adjacent to an activating group) is 1. The Labute approximate surface area is 144 Å². The second-order valence-corrected chi connectivity index (χ2v) is 4.49. The van der Waals surface area contributed by atoms with E-state index in [2.05, 4.69) is 52.1 Å². The van der Waals surface area contributed by atoms with Crippen LogP contribution in [0.2, 0.25) is 0 Å². The van der Waals surface area contributed by atoms with Crippen LogP contribution < -0.4 is 16.0 Å². The van der Waals surface area contributed by atoms with E-state index < -0.39 is 0 Å². The van der Waals surface area contributed by atoms with Gasteiger partial charge >= 0.3 is 0 Å². The van der Waals surface area contributed by atoms with E-state index in [0.29, 0.717) is 19.0 Å². The predicted molar refractivity (Wildman–Crippen MR) is 98.1 cm³/mol. The predicted octanol–water partition coefficient (Wildman–Crippen LogP) is 1.80. The molecule has 0 bridgehead atoms. The van der Waals surface area contributed by atoms with E-state index in [4.69, 9.17) is 0 Å². The normalized spacial score (nSPS) is 10.5. The van der Waals surface area contributed by atoms with Crippen LogP contribution in [-0.4, -0.2) is 31.5 Å². The van der Waals surface area contributed by atoms with Crippen LogP contribution in [0.15, 0.2) is 29.3 Å². The standard InChI is InChI=1S/C15H24N4O.HI/c1-4-16-14(20)11-19-15(17-5-2)18-10-13-8-6-12(3)7-9-13;/h6-9H,4-5,10-11H2,1-3H3,(H,16,20)(H2,17,18,19);1H. The molecule has 0 atom stereocenters. The van der Waals surface area contributed by atoms with Gasteiger partial charge in [0.05, 0.1) is 13.1 Å². The summed E-state index contributed by atoms with van der Waals surface area (Å²) in [5.41, 5.74) is 2.38. The summed E-state index contributed by atoms with van der Waals surface area (Å²) in [6, 6.07) is 8.26. The number of aryl methyl sites for hydroxylation is 1. The van der Waals surface area contributed by atoms with Gasteiger partial charge in [0.1, 0.15) is 0 Å². The maximum atomic E-state index is 11.4. The number of rotatable bonds is 6. The van der Waals surface area contributed by atoms with Crippen molar-refractivity contribution in [3.8, 4) is 0 Å². The van der Waals surface area contributed by atoms with Gasteiger partial charge in [-0.15, -0.1) is 24.0 Å². The van der Waals surface area contributed by atoms with E-state index in [1.807, 2.05) is 13.8 Å². The summed E-state index contributed by atoms with van der Waals surface area (Å²) in [6.07, 6.45) is 0. The molecule has 0 saturated carbocycles. The first-order chi connectivity index (χ1) is 9.65. The quantitative estimate of drug-likeness (QED) is 0.385. The van der Waals surface area contributed by atoms with Crippen molar-refractivity contribution in [2.45, 2.75) is 27.3 Å². The van der Waals surface area contributed by atoms with E-state index >= 15 is 0 Å². The van der Waals surface area contributed by atoms with Crippen molar-refractivity contribution in [1.82, 2.24) is 16.0 Å². The molecule has 0 spiro atoms. The average Bonchev–Trinajstić information content (AvgIpc) is 2.44. The number of nitrogens with zero attached hydrogens (tertiary/aromatic N) is 1. The SMILES string of the molecule is CCNC(=O)CNC(=NCc1ccc(C)cc1)NCC.I. The molecule has 0 aliphatic rings. The van der Waals surface area contributed by atoms with Gasteiger partial charge in [-0.1, -0.05) is 29.8 Å². The lowest BCUT2D eigenvalue weighted by atomic mass is 10.1. The molecule has 118 valence electrons. The third kappa shape index (κ3) is 8.54. The van der Waals surface area contributed by atoms with Crippen molar-refractivity contribution >= 4 is 35.8 Å². The van der Waals surface area contributed by atoms with Crippen molar-refractivity contribution in [3.05, 3.63) is 35.4 Å². The molecule has 3 N–H and O–H groups in total. The largest absolute Gasteiger partial charge is 0.357 e. The van der Waals surface area contributed by atoms with Gasteiger partial charge in [-0.3, -0.25) is 4.79 Å². The van der Waals surface area contributed by atoms with Gasteiger partial charge in [-0.2, -0.15) is 0 Å². The molecule has 1 aromatic carbocycles. The Morgan fingerprint density at radius 2 is 1.67 bits per heavy atom. The number of benzene rings is 1. The molecule has 0 aliphatic heterocycles. The lowest BCUT2D eigenvalue weighted by molar-refractivity contribution is -0.119. The van der Waals surface area contributed by atoms with E-state index in [9.17, 15) is 4.79 Å². The minimum Gasteiger partial charge on any atom is -0.357 e. The van der Waals surface area contributed by atoms with Crippen LogP contribution in [0, 0.1) is 6.92 Å². The fourth-order valence-corrected chi connectivity index (χ4v) is 1.63. The molecule has 0 fully saturated rings. The van der Waals surface area contributed by atoms with Crippen molar-refractivity contribution in [2.24, 2.45) is 4.99 Å². The van der Waals surface area contributed by atoms with Gasteiger partial charge in [0.25, 0.3) is 0 Å². The lowest BCUT2D eigenvalue weighted by Gasteiger charge is -2.11. The summed E-state index contributed by atoms with van der Waals surface area (Å²) in [4.78, 5) is 15.9. The third-order valence-electron chi connectivity index (χ3n) is 2.67. The Hall–Kier alpha value is -1.31. The van der Waals surface area contributed by atoms with E-state index in [-0.39, 0.29) is 36.4 Å². The van der Waals surface area contributed by atoms with Gasteiger partial charge in [0, 0.05) is 13.1 Å². The topological polar surface area (TPSA) is 65.5 Å². The van der Waals surface area contributed by atoms with Crippen LogP contribution >= 0.6 is 24.0 Å². The van der Waals surface area contributed by atoms with E-state index in [0.717, 1.165) is 12.1 Å². The maximum Gasteiger partial charge on any atom is 0.239 e. The van der Waals surface area contributed by atoms with Crippen molar-refractivity contribution < 1.29 is 4.79 Å². The zero-order chi connectivity index (χ0) is 14.8. The van der Waals surface area contributed by atoms with E-state index in [1.54, 1.807) is 0 Å². The zero-order valence-corrected chi connectivity index (χ0v) is 15.2. The highest BCUT2D eigenvalue weighted by atomic mass is 127. The second-order valence-electron chi connectivity index (χ2n) is 4.49. The number of amides is 1. The summed E-state index contributed by atoms with van der Waals surface area (Å²) in [5, 5.41) is 8.87. The number of carbonyl (C=O) groups excluding carboxylic acids is 1. The van der Waals surface area contributed by atoms with Gasteiger partial charge < -0.3 is 16.0 Å². The lowest BCUT2D eigenvalue weighted by Crippen LogP contribution is -2.43. The van der Waals surface area contributed by atoms with Gasteiger partial charge in [-0.25, -0.2) is 4.99 Å². The number of guanidine groups is 1.